The Morgan fingerprint density at radius 3 is 2.83 bits per heavy atom. The van der Waals surface area contributed by atoms with Crippen molar-refractivity contribution >= 4 is 5.91 Å². The van der Waals surface area contributed by atoms with E-state index >= 15 is 0 Å². The lowest BCUT2D eigenvalue weighted by Crippen LogP contribution is -2.19. The van der Waals surface area contributed by atoms with Gasteiger partial charge in [-0.1, -0.05) is 35.5 Å². The molecule has 1 amide bonds. The van der Waals surface area contributed by atoms with Gasteiger partial charge in [-0.25, -0.2) is 0 Å². The van der Waals surface area contributed by atoms with Gasteiger partial charge in [0.2, 0.25) is 5.89 Å². The molecule has 1 heterocycles. The van der Waals surface area contributed by atoms with Crippen LogP contribution in [0.4, 0.5) is 0 Å². The fourth-order valence-corrected chi connectivity index (χ4v) is 1.55. The minimum absolute atomic E-state index is 0.0211. The first kappa shape index (κ1) is 12.3. The smallest absolute Gasteiger partial charge is 0.292 e. The Morgan fingerprint density at radius 1 is 1.44 bits per heavy atom. The molecule has 2 aromatic rings. The first-order valence-electron chi connectivity index (χ1n) is 5.56. The Morgan fingerprint density at radius 2 is 2.17 bits per heavy atom. The molecule has 0 radical (unpaired) electrons. The maximum Gasteiger partial charge on any atom is 0.292 e. The number of nitrogens with one attached hydrogen (secondary N) is 1. The number of amides is 1. The van der Waals surface area contributed by atoms with E-state index in [-0.39, 0.29) is 17.8 Å². The zero-order chi connectivity index (χ0) is 13.0. The number of hydrogen-bond acceptors (Lipinski definition) is 5. The third-order valence-corrected chi connectivity index (χ3v) is 2.52. The van der Waals surface area contributed by atoms with E-state index in [1.807, 2.05) is 30.3 Å². The van der Waals surface area contributed by atoms with E-state index in [0.29, 0.717) is 12.3 Å². The summed E-state index contributed by atoms with van der Waals surface area (Å²) in [4.78, 5) is 15.2. The predicted octanol–water partition coefficient (Wildman–Crippen LogP) is 0.672. The summed E-state index contributed by atoms with van der Waals surface area (Å²) in [6.45, 7) is 0. The Kier molecular flexibility index (Phi) is 3.69. The van der Waals surface area contributed by atoms with Gasteiger partial charge in [-0.05, 0) is 5.56 Å². The van der Waals surface area contributed by atoms with Crippen molar-refractivity contribution in [2.75, 3.05) is 7.05 Å². The highest BCUT2D eigenvalue weighted by Crippen LogP contribution is 2.14. The topological polar surface area (TPSA) is 94.0 Å². The monoisotopic (exact) mass is 246 g/mol. The van der Waals surface area contributed by atoms with Gasteiger partial charge in [0.05, 0.1) is 0 Å². The largest absolute Gasteiger partial charge is 0.352 e. The first-order valence-corrected chi connectivity index (χ1v) is 5.56. The molecule has 1 unspecified atom stereocenters. The quantitative estimate of drug-likeness (QED) is 0.827. The maximum atomic E-state index is 11.3. The van der Waals surface area contributed by atoms with Crippen molar-refractivity contribution in [3.8, 4) is 0 Å². The second kappa shape index (κ2) is 5.42. The summed E-state index contributed by atoms with van der Waals surface area (Å²) in [5.74, 6) is -0.00371. The summed E-state index contributed by atoms with van der Waals surface area (Å²) >= 11 is 0. The molecule has 1 aromatic carbocycles. The molecule has 0 aliphatic carbocycles. The number of hydrogen-bond donors (Lipinski definition) is 2. The number of carbonyl (C=O) groups is 1. The van der Waals surface area contributed by atoms with Gasteiger partial charge in [0.25, 0.3) is 11.7 Å². The zero-order valence-corrected chi connectivity index (χ0v) is 9.96. The lowest BCUT2D eigenvalue weighted by molar-refractivity contribution is 0.0950. The number of nitrogens with two attached hydrogens (primary N) is 1. The molecule has 0 saturated heterocycles. The van der Waals surface area contributed by atoms with Gasteiger partial charge < -0.3 is 15.6 Å². The number of benzene rings is 1. The Hall–Kier alpha value is -2.21. The van der Waals surface area contributed by atoms with Crippen molar-refractivity contribution in [3.63, 3.8) is 0 Å². The van der Waals surface area contributed by atoms with Crippen molar-refractivity contribution in [2.24, 2.45) is 5.73 Å². The Labute approximate surface area is 104 Å². The van der Waals surface area contributed by atoms with E-state index < -0.39 is 0 Å². The third-order valence-electron chi connectivity index (χ3n) is 2.52. The average Bonchev–Trinajstić information content (AvgIpc) is 2.87. The second-order valence-corrected chi connectivity index (χ2v) is 3.81. The van der Waals surface area contributed by atoms with Gasteiger partial charge in [-0.15, -0.1) is 0 Å². The molecular formula is C12H14N4O2. The van der Waals surface area contributed by atoms with E-state index in [2.05, 4.69) is 15.5 Å². The molecule has 3 N–H and O–H groups in total. The van der Waals surface area contributed by atoms with Gasteiger partial charge in [0, 0.05) is 19.5 Å². The molecule has 2 rings (SSSR count). The fourth-order valence-electron chi connectivity index (χ4n) is 1.55. The van der Waals surface area contributed by atoms with Gasteiger partial charge in [-0.2, -0.15) is 4.98 Å². The van der Waals surface area contributed by atoms with Crippen LogP contribution in [-0.2, 0) is 6.42 Å². The first-order chi connectivity index (χ1) is 8.70. The van der Waals surface area contributed by atoms with Gasteiger partial charge in [0.15, 0.2) is 0 Å². The fraction of sp³-hybridized carbons (Fsp3) is 0.250. The Bertz CT molecular complexity index is 524. The number of rotatable bonds is 4. The Balaban J connectivity index is 2.06. The predicted molar refractivity (Wildman–Crippen MR) is 64.8 cm³/mol. The van der Waals surface area contributed by atoms with Crippen LogP contribution >= 0.6 is 0 Å². The highest BCUT2D eigenvalue weighted by molar-refractivity contribution is 5.89. The zero-order valence-electron chi connectivity index (χ0n) is 9.96. The molecule has 0 fully saturated rings. The van der Waals surface area contributed by atoms with Crippen LogP contribution < -0.4 is 11.1 Å². The molecule has 0 aliphatic rings. The van der Waals surface area contributed by atoms with Gasteiger partial charge in [0.1, 0.15) is 0 Å². The lowest BCUT2D eigenvalue weighted by atomic mass is 10.1. The van der Waals surface area contributed by atoms with E-state index in [4.69, 9.17) is 10.3 Å². The molecule has 1 aromatic heterocycles. The van der Waals surface area contributed by atoms with E-state index in [0.717, 1.165) is 5.56 Å². The lowest BCUT2D eigenvalue weighted by Gasteiger charge is -2.08. The van der Waals surface area contributed by atoms with Gasteiger partial charge in [-0.3, -0.25) is 4.79 Å². The number of aromatic nitrogens is 2. The molecule has 1 atom stereocenters. The number of carbonyl (C=O) groups excluding carboxylic acids is 1. The van der Waals surface area contributed by atoms with Crippen molar-refractivity contribution in [2.45, 2.75) is 12.5 Å². The normalized spacial score (nSPS) is 12.1. The van der Waals surface area contributed by atoms with Crippen LogP contribution in [0, 0.1) is 0 Å². The van der Waals surface area contributed by atoms with Crippen LogP contribution in [0.5, 0.6) is 0 Å². The van der Waals surface area contributed by atoms with Crippen LogP contribution in [0.15, 0.2) is 34.9 Å². The summed E-state index contributed by atoms with van der Waals surface area (Å²) in [6, 6.07) is 9.38. The molecule has 0 aliphatic heterocycles. The third kappa shape index (κ3) is 2.72. The van der Waals surface area contributed by atoms with Crippen molar-refractivity contribution in [1.29, 1.82) is 0 Å². The molecule has 94 valence electrons. The summed E-state index contributed by atoms with van der Waals surface area (Å²) < 4.78 is 4.98. The van der Waals surface area contributed by atoms with Crippen molar-refractivity contribution in [1.82, 2.24) is 15.5 Å². The van der Waals surface area contributed by atoms with Crippen LogP contribution in [0.25, 0.3) is 0 Å². The van der Waals surface area contributed by atoms with Crippen LogP contribution in [0.2, 0.25) is 0 Å². The molecular weight excluding hydrogens is 232 g/mol. The molecule has 0 saturated carbocycles. The highest BCUT2D eigenvalue weighted by atomic mass is 16.5. The minimum atomic E-state index is -0.377. The maximum absolute atomic E-state index is 11.3. The summed E-state index contributed by atoms with van der Waals surface area (Å²) in [5, 5.41) is 6.00. The minimum Gasteiger partial charge on any atom is -0.352 e. The van der Waals surface area contributed by atoms with E-state index in [1.165, 1.54) is 7.05 Å². The standard InChI is InChI=1S/C12H14N4O2/c1-14-12(17)11-15-10(18-16-11)7-9(13)8-5-3-2-4-6-8/h2-6,9H,7,13H2,1H3,(H,14,17). The van der Waals surface area contributed by atoms with E-state index in [1.54, 1.807) is 0 Å². The van der Waals surface area contributed by atoms with Crippen molar-refractivity contribution < 1.29 is 9.32 Å². The van der Waals surface area contributed by atoms with E-state index in [9.17, 15) is 4.79 Å². The average molecular weight is 246 g/mol. The second-order valence-electron chi connectivity index (χ2n) is 3.81. The van der Waals surface area contributed by atoms with Crippen LogP contribution in [0.1, 0.15) is 28.1 Å². The molecule has 18 heavy (non-hydrogen) atoms. The highest BCUT2D eigenvalue weighted by Gasteiger charge is 2.15. The van der Waals surface area contributed by atoms with Crippen LogP contribution in [-0.4, -0.2) is 23.1 Å². The summed E-state index contributed by atoms with van der Waals surface area (Å²) in [5.41, 5.74) is 7.00. The van der Waals surface area contributed by atoms with Gasteiger partial charge >= 0.3 is 0 Å². The van der Waals surface area contributed by atoms with Crippen LogP contribution in [0.3, 0.4) is 0 Å². The number of nitrogens with zero attached hydrogens (tertiary/aromatic N) is 2. The molecule has 0 bridgehead atoms. The molecule has 6 heteroatoms. The molecule has 0 spiro atoms. The van der Waals surface area contributed by atoms with Crippen molar-refractivity contribution in [3.05, 3.63) is 47.6 Å². The SMILES string of the molecule is CNC(=O)c1noc(CC(N)c2ccccc2)n1. The summed E-state index contributed by atoms with van der Waals surface area (Å²) in [7, 11) is 1.51. The molecule has 6 nitrogen and oxygen atoms in total. The summed E-state index contributed by atoms with van der Waals surface area (Å²) in [6.07, 6.45) is 0.397.